The van der Waals surface area contributed by atoms with Crippen molar-refractivity contribution in [2.24, 2.45) is 0 Å². The zero-order valence-corrected chi connectivity index (χ0v) is 14.1. The van der Waals surface area contributed by atoms with Crippen molar-refractivity contribution in [3.05, 3.63) is 54.3 Å². The van der Waals surface area contributed by atoms with Crippen molar-refractivity contribution in [2.45, 2.75) is 6.92 Å². The lowest BCUT2D eigenvalue weighted by atomic mass is 10.2. The molecule has 2 aromatic carbocycles. The molecule has 3 aromatic rings. The van der Waals surface area contributed by atoms with Gasteiger partial charge in [0, 0.05) is 11.3 Å². The van der Waals surface area contributed by atoms with Crippen LogP contribution in [0, 0.1) is 5.82 Å². The fourth-order valence-electron chi connectivity index (χ4n) is 2.08. The Morgan fingerprint density at radius 3 is 2.60 bits per heavy atom. The Balaban J connectivity index is 1.63. The molecule has 1 heterocycles. The van der Waals surface area contributed by atoms with E-state index in [4.69, 9.17) is 4.74 Å². The molecule has 0 unspecified atom stereocenters. The molecule has 2 amide bonds. The van der Waals surface area contributed by atoms with E-state index in [0.29, 0.717) is 22.9 Å². The first-order chi connectivity index (χ1) is 12.2. The molecule has 0 aliphatic rings. The largest absolute Gasteiger partial charge is 0.494 e. The van der Waals surface area contributed by atoms with Crippen LogP contribution >= 0.6 is 11.3 Å². The Hall–Kier alpha value is -3.00. The Labute approximate surface area is 147 Å². The summed E-state index contributed by atoms with van der Waals surface area (Å²) in [4.78, 5) is 12.0. The minimum Gasteiger partial charge on any atom is -0.494 e. The molecule has 0 atom stereocenters. The van der Waals surface area contributed by atoms with Gasteiger partial charge in [0.25, 0.3) is 0 Å². The highest BCUT2D eigenvalue weighted by molar-refractivity contribution is 7.18. The van der Waals surface area contributed by atoms with Gasteiger partial charge in [0.2, 0.25) is 5.13 Å². The SMILES string of the molecule is CCOc1ccc(NC(=O)Nc2nnc(-c3ccccc3F)s2)cc1. The minimum atomic E-state index is -0.458. The van der Waals surface area contributed by atoms with E-state index in [1.807, 2.05) is 6.92 Å². The van der Waals surface area contributed by atoms with Gasteiger partial charge in [-0.3, -0.25) is 5.32 Å². The zero-order valence-electron chi connectivity index (χ0n) is 13.3. The molecule has 1 aromatic heterocycles. The van der Waals surface area contributed by atoms with Gasteiger partial charge in [0.05, 0.1) is 6.61 Å². The second-order valence-electron chi connectivity index (χ2n) is 4.93. The molecular formula is C17H15FN4O2S. The summed E-state index contributed by atoms with van der Waals surface area (Å²) in [6, 6.07) is 12.8. The normalized spacial score (nSPS) is 10.3. The first-order valence-corrected chi connectivity index (χ1v) is 8.36. The molecular weight excluding hydrogens is 343 g/mol. The van der Waals surface area contributed by atoms with Crippen LogP contribution in [0.3, 0.4) is 0 Å². The van der Waals surface area contributed by atoms with Crippen LogP contribution in [0.5, 0.6) is 5.75 Å². The van der Waals surface area contributed by atoms with Gasteiger partial charge in [-0.1, -0.05) is 23.5 Å². The van der Waals surface area contributed by atoms with Crippen LogP contribution in [0.15, 0.2) is 48.5 Å². The van der Waals surface area contributed by atoms with Gasteiger partial charge >= 0.3 is 6.03 Å². The van der Waals surface area contributed by atoms with E-state index >= 15 is 0 Å². The number of amides is 2. The molecule has 2 N–H and O–H groups in total. The lowest BCUT2D eigenvalue weighted by molar-refractivity contribution is 0.262. The molecule has 0 fully saturated rings. The van der Waals surface area contributed by atoms with Crippen LogP contribution < -0.4 is 15.4 Å². The molecule has 3 rings (SSSR count). The predicted octanol–water partition coefficient (Wildman–Crippen LogP) is 4.39. The summed E-state index contributed by atoms with van der Waals surface area (Å²) in [5.41, 5.74) is 0.958. The fourth-order valence-corrected chi connectivity index (χ4v) is 2.84. The maximum atomic E-state index is 13.8. The number of halogens is 1. The minimum absolute atomic E-state index is 0.279. The van der Waals surface area contributed by atoms with E-state index < -0.39 is 6.03 Å². The Morgan fingerprint density at radius 1 is 1.12 bits per heavy atom. The number of carbonyl (C=O) groups excluding carboxylic acids is 1. The van der Waals surface area contributed by atoms with E-state index in [-0.39, 0.29) is 10.9 Å². The van der Waals surface area contributed by atoms with Crippen molar-refractivity contribution in [2.75, 3.05) is 17.2 Å². The molecule has 8 heteroatoms. The second-order valence-corrected chi connectivity index (χ2v) is 5.91. The maximum absolute atomic E-state index is 13.8. The van der Waals surface area contributed by atoms with E-state index in [9.17, 15) is 9.18 Å². The summed E-state index contributed by atoms with van der Waals surface area (Å²) in [5, 5.41) is 13.7. The van der Waals surface area contributed by atoms with E-state index in [2.05, 4.69) is 20.8 Å². The van der Waals surface area contributed by atoms with Crippen molar-refractivity contribution in [3.8, 4) is 16.3 Å². The molecule has 0 saturated heterocycles. The highest BCUT2D eigenvalue weighted by atomic mass is 32.1. The van der Waals surface area contributed by atoms with Gasteiger partial charge in [-0.05, 0) is 43.3 Å². The first kappa shape index (κ1) is 16.8. The topological polar surface area (TPSA) is 76.1 Å². The van der Waals surface area contributed by atoms with E-state index in [1.54, 1.807) is 42.5 Å². The summed E-state index contributed by atoms with van der Waals surface area (Å²) in [6.07, 6.45) is 0. The number of nitrogens with one attached hydrogen (secondary N) is 2. The number of hydrogen-bond acceptors (Lipinski definition) is 5. The third kappa shape index (κ3) is 4.30. The van der Waals surface area contributed by atoms with Crippen molar-refractivity contribution in [1.29, 1.82) is 0 Å². The smallest absolute Gasteiger partial charge is 0.325 e. The Bertz CT molecular complexity index is 867. The van der Waals surface area contributed by atoms with Gasteiger partial charge in [0.15, 0.2) is 5.01 Å². The van der Waals surface area contributed by atoms with Crippen molar-refractivity contribution < 1.29 is 13.9 Å². The highest BCUT2D eigenvalue weighted by Gasteiger charge is 2.12. The third-order valence-electron chi connectivity index (χ3n) is 3.17. The van der Waals surface area contributed by atoms with E-state index in [1.165, 1.54) is 6.07 Å². The van der Waals surface area contributed by atoms with Gasteiger partial charge in [-0.25, -0.2) is 9.18 Å². The number of nitrogens with zero attached hydrogens (tertiary/aromatic N) is 2. The predicted molar refractivity (Wildman–Crippen MR) is 95.6 cm³/mol. The molecule has 25 heavy (non-hydrogen) atoms. The lowest BCUT2D eigenvalue weighted by Crippen LogP contribution is -2.19. The molecule has 0 aliphatic carbocycles. The average Bonchev–Trinajstić information content (AvgIpc) is 3.05. The molecule has 0 radical (unpaired) electrons. The molecule has 6 nitrogen and oxygen atoms in total. The summed E-state index contributed by atoms with van der Waals surface area (Å²) in [6.45, 7) is 2.48. The zero-order chi connectivity index (χ0) is 17.6. The number of carbonyl (C=O) groups is 1. The Kier molecular flexibility index (Phi) is 5.20. The van der Waals surface area contributed by atoms with Crippen molar-refractivity contribution in [3.63, 3.8) is 0 Å². The molecule has 0 aliphatic heterocycles. The van der Waals surface area contributed by atoms with Crippen LogP contribution in [-0.4, -0.2) is 22.8 Å². The van der Waals surface area contributed by atoms with Crippen LogP contribution in [0.4, 0.5) is 20.0 Å². The third-order valence-corrected chi connectivity index (χ3v) is 4.04. The van der Waals surface area contributed by atoms with E-state index in [0.717, 1.165) is 17.1 Å². The average molecular weight is 358 g/mol. The summed E-state index contributed by atoms with van der Waals surface area (Å²) >= 11 is 1.09. The highest BCUT2D eigenvalue weighted by Crippen LogP contribution is 2.28. The first-order valence-electron chi connectivity index (χ1n) is 7.55. The van der Waals surface area contributed by atoms with Crippen LogP contribution in [-0.2, 0) is 0 Å². The monoisotopic (exact) mass is 358 g/mol. The van der Waals surface area contributed by atoms with Crippen LogP contribution in [0.25, 0.3) is 10.6 Å². The summed E-state index contributed by atoms with van der Waals surface area (Å²) < 4.78 is 19.1. The standard InChI is InChI=1S/C17H15FN4O2S/c1-2-24-12-9-7-11(8-10-12)19-16(23)20-17-22-21-15(25-17)13-5-3-4-6-14(13)18/h3-10H,2H2,1H3,(H2,19,20,22,23). The van der Waals surface area contributed by atoms with Crippen molar-refractivity contribution >= 4 is 28.2 Å². The van der Waals surface area contributed by atoms with Crippen molar-refractivity contribution in [1.82, 2.24) is 10.2 Å². The van der Waals surface area contributed by atoms with Gasteiger partial charge in [0.1, 0.15) is 11.6 Å². The van der Waals surface area contributed by atoms with Gasteiger partial charge in [-0.15, -0.1) is 10.2 Å². The number of aromatic nitrogens is 2. The quantitative estimate of drug-likeness (QED) is 0.709. The number of ether oxygens (including phenoxy) is 1. The fraction of sp³-hybridized carbons (Fsp3) is 0.118. The number of anilines is 2. The van der Waals surface area contributed by atoms with Gasteiger partial charge < -0.3 is 10.1 Å². The van der Waals surface area contributed by atoms with Gasteiger partial charge in [-0.2, -0.15) is 0 Å². The number of urea groups is 1. The second kappa shape index (κ2) is 7.71. The molecule has 128 valence electrons. The Morgan fingerprint density at radius 2 is 1.88 bits per heavy atom. The number of hydrogen-bond donors (Lipinski definition) is 2. The van der Waals surface area contributed by atoms with Crippen LogP contribution in [0.1, 0.15) is 6.92 Å². The maximum Gasteiger partial charge on any atom is 0.325 e. The molecule has 0 spiro atoms. The lowest BCUT2D eigenvalue weighted by Gasteiger charge is -2.06. The molecule has 0 saturated carbocycles. The summed E-state index contributed by atoms with van der Waals surface area (Å²) in [7, 11) is 0. The van der Waals surface area contributed by atoms with Crippen LogP contribution in [0.2, 0.25) is 0 Å². The number of rotatable bonds is 5. The summed E-state index contributed by atoms with van der Waals surface area (Å²) in [5.74, 6) is 0.344. The molecule has 0 bridgehead atoms. The number of benzene rings is 2.